The van der Waals surface area contributed by atoms with Crippen LogP contribution in [0.5, 0.6) is 5.75 Å². The van der Waals surface area contributed by atoms with Gasteiger partial charge in [0.25, 0.3) is 5.91 Å². The number of carbonyl (C=O) groups is 3. The summed E-state index contributed by atoms with van der Waals surface area (Å²) in [5.41, 5.74) is 7.27. The van der Waals surface area contributed by atoms with Crippen molar-refractivity contribution in [3.8, 4) is 16.9 Å². The first kappa shape index (κ1) is 43.3. The van der Waals surface area contributed by atoms with Gasteiger partial charge in [0, 0.05) is 74.0 Å². The fraction of sp³-hybridized carbons (Fsp3) is 0.280. The number of likely N-dealkylation sites (tertiary alicyclic amines) is 1. The summed E-state index contributed by atoms with van der Waals surface area (Å²) >= 11 is 0. The van der Waals surface area contributed by atoms with Gasteiger partial charge in [-0.05, 0) is 104 Å². The minimum absolute atomic E-state index is 0.0222. The number of pyridine rings is 1. The molecule has 0 spiro atoms. The molecule has 7 rings (SSSR count). The molecule has 1 aliphatic rings. The summed E-state index contributed by atoms with van der Waals surface area (Å²) in [5, 5.41) is 20.5. The first-order valence-corrected chi connectivity index (χ1v) is 21.2. The third-order valence-electron chi connectivity index (χ3n) is 11.4. The van der Waals surface area contributed by atoms with Crippen LogP contribution in [0, 0.1) is 0 Å². The van der Waals surface area contributed by atoms with Crippen molar-refractivity contribution in [3.63, 3.8) is 0 Å². The normalized spacial score (nSPS) is 13.6. The van der Waals surface area contributed by atoms with E-state index in [1.165, 1.54) is 6.07 Å². The van der Waals surface area contributed by atoms with Crippen molar-refractivity contribution in [2.75, 3.05) is 43.4 Å². The number of aromatic amines is 1. The van der Waals surface area contributed by atoms with Crippen LogP contribution in [0.3, 0.4) is 0 Å². The quantitative estimate of drug-likeness (QED) is 0.0666. The fourth-order valence-corrected chi connectivity index (χ4v) is 7.95. The first-order chi connectivity index (χ1) is 30.1. The standard InChI is InChI=1S/C50H54N6O6/c1-34(51-27-23-38-17-21-45(57)48-43(38)20-22-46(58)54-48)31-35-9-8-10-36(32-35)33-52-49(60)39-15-18-40(19-16-39)55(2)47(59)26-30-56-28-24-41(25-29-56)62-50(61)53-44-14-7-6-13-42(44)37-11-4-3-5-12-37/h3-22,32,34,41,51,57H,23-31,33H2,1-2H3,(H,52,60)(H,53,61)(H,54,58)/t34-/m1/s1. The number of phenols is 1. The first-order valence-electron chi connectivity index (χ1n) is 21.2. The lowest BCUT2D eigenvalue weighted by molar-refractivity contribution is -0.118. The number of H-pyrrole nitrogens is 1. The number of anilines is 2. The van der Waals surface area contributed by atoms with Gasteiger partial charge in [0.1, 0.15) is 11.9 Å². The van der Waals surface area contributed by atoms with Gasteiger partial charge in [0.15, 0.2) is 0 Å². The van der Waals surface area contributed by atoms with Crippen molar-refractivity contribution < 1.29 is 24.2 Å². The zero-order chi connectivity index (χ0) is 43.4. The van der Waals surface area contributed by atoms with Crippen LogP contribution in [0.4, 0.5) is 16.2 Å². The van der Waals surface area contributed by atoms with E-state index in [2.05, 4.69) is 44.9 Å². The number of benzene rings is 5. The number of fused-ring (bicyclic) bond motifs is 1. The molecule has 0 saturated carbocycles. The highest BCUT2D eigenvalue weighted by Crippen LogP contribution is 2.28. The third-order valence-corrected chi connectivity index (χ3v) is 11.4. The molecule has 6 aromatic rings. The highest BCUT2D eigenvalue weighted by Gasteiger charge is 2.24. The number of piperidine rings is 1. The second-order valence-corrected chi connectivity index (χ2v) is 15.9. The van der Waals surface area contributed by atoms with Crippen LogP contribution in [0.15, 0.2) is 132 Å². The Morgan fingerprint density at radius 1 is 0.871 bits per heavy atom. The highest BCUT2D eigenvalue weighted by molar-refractivity contribution is 5.96. The number of rotatable bonds is 16. The van der Waals surface area contributed by atoms with Crippen molar-refractivity contribution in [3.05, 3.63) is 160 Å². The number of carbonyl (C=O) groups excluding carboxylic acids is 3. The van der Waals surface area contributed by atoms with E-state index >= 15 is 0 Å². The van der Waals surface area contributed by atoms with E-state index in [1.54, 1.807) is 48.3 Å². The monoisotopic (exact) mass is 834 g/mol. The second-order valence-electron chi connectivity index (χ2n) is 15.9. The van der Waals surface area contributed by atoms with E-state index < -0.39 is 6.09 Å². The predicted molar refractivity (Wildman–Crippen MR) is 245 cm³/mol. The van der Waals surface area contributed by atoms with Crippen LogP contribution < -0.4 is 26.4 Å². The largest absolute Gasteiger partial charge is 0.506 e. The number of nitrogens with one attached hydrogen (secondary N) is 4. The zero-order valence-corrected chi connectivity index (χ0v) is 35.2. The molecule has 1 atom stereocenters. The molecule has 12 nitrogen and oxygen atoms in total. The van der Waals surface area contributed by atoms with E-state index in [1.807, 2.05) is 72.8 Å². The smallest absolute Gasteiger partial charge is 0.411 e. The Hall–Kier alpha value is -6.76. The number of phenolic OH excluding ortho intramolecular Hbond substituents is 1. The third kappa shape index (κ3) is 11.5. The minimum Gasteiger partial charge on any atom is -0.506 e. The number of para-hydroxylation sites is 1. The molecule has 1 aliphatic heterocycles. The van der Waals surface area contributed by atoms with E-state index in [0.29, 0.717) is 54.8 Å². The number of hydrogen-bond acceptors (Lipinski definition) is 8. The summed E-state index contributed by atoms with van der Waals surface area (Å²) < 4.78 is 5.78. The van der Waals surface area contributed by atoms with Crippen molar-refractivity contribution in [1.82, 2.24) is 20.5 Å². The molecule has 0 aliphatic carbocycles. The molecule has 12 heteroatoms. The van der Waals surface area contributed by atoms with Gasteiger partial charge in [-0.2, -0.15) is 0 Å². The summed E-state index contributed by atoms with van der Waals surface area (Å²) in [6.07, 6.45) is 2.61. The fourth-order valence-electron chi connectivity index (χ4n) is 7.95. The lowest BCUT2D eigenvalue weighted by atomic mass is 10.0. The molecule has 1 aromatic heterocycles. The SMILES string of the molecule is C[C@H](Cc1cccc(CNC(=O)c2ccc(N(C)C(=O)CCN3CCC(OC(=O)Nc4ccccc4-c4ccccc4)CC3)cc2)c1)NCCc1ccc(O)c2[nH]c(=O)ccc12. The van der Waals surface area contributed by atoms with Gasteiger partial charge in [-0.15, -0.1) is 0 Å². The molecule has 2 heterocycles. The maximum absolute atomic E-state index is 13.2. The molecular formula is C50H54N6O6. The van der Waals surface area contributed by atoms with Crippen molar-refractivity contribution in [1.29, 1.82) is 0 Å². The van der Waals surface area contributed by atoms with Crippen LogP contribution in [0.2, 0.25) is 0 Å². The summed E-state index contributed by atoms with van der Waals surface area (Å²) in [4.78, 5) is 57.4. The number of ether oxygens (including phenoxy) is 1. The predicted octanol–water partition coefficient (Wildman–Crippen LogP) is 7.66. The Kier molecular flexibility index (Phi) is 14.4. The molecule has 0 unspecified atom stereocenters. The summed E-state index contributed by atoms with van der Waals surface area (Å²) in [5.74, 6) is -0.159. The summed E-state index contributed by atoms with van der Waals surface area (Å²) in [6, 6.07) is 39.7. The lowest BCUT2D eigenvalue weighted by Crippen LogP contribution is -2.40. The van der Waals surface area contributed by atoms with Crippen molar-refractivity contribution in [2.45, 2.75) is 57.7 Å². The van der Waals surface area contributed by atoms with Gasteiger partial charge >= 0.3 is 6.09 Å². The molecule has 62 heavy (non-hydrogen) atoms. The lowest BCUT2D eigenvalue weighted by Gasteiger charge is -2.31. The van der Waals surface area contributed by atoms with Gasteiger partial charge in [-0.1, -0.05) is 78.9 Å². The number of amides is 3. The van der Waals surface area contributed by atoms with E-state index in [-0.39, 0.29) is 35.3 Å². The van der Waals surface area contributed by atoms with E-state index in [9.17, 15) is 24.3 Å². The van der Waals surface area contributed by atoms with Crippen LogP contribution in [0.1, 0.15) is 53.2 Å². The molecule has 5 N–H and O–H groups in total. The average molecular weight is 835 g/mol. The van der Waals surface area contributed by atoms with Gasteiger partial charge in [0.2, 0.25) is 11.5 Å². The van der Waals surface area contributed by atoms with Gasteiger partial charge in [-0.3, -0.25) is 19.7 Å². The molecule has 1 saturated heterocycles. The molecule has 3 amide bonds. The Morgan fingerprint density at radius 3 is 2.40 bits per heavy atom. The van der Waals surface area contributed by atoms with Crippen molar-refractivity contribution in [2.24, 2.45) is 0 Å². The Bertz CT molecular complexity index is 2530. The van der Waals surface area contributed by atoms with Crippen molar-refractivity contribution >= 4 is 40.2 Å². The van der Waals surface area contributed by atoms with Gasteiger partial charge in [-0.25, -0.2) is 4.79 Å². The minimum atomic E-state index is -0.468. The van der Waals surface area contributed by atoms with Gasteiger partial charge < -0.3 is 35.3 Å². The molecule has 320 valence electrons. The Morgan fingerprint density at radius 2 is 1.61 bits per heavy atom. The molecule has 0 bridgehead atoms. The maximum atomic E-state index is 13.2. The number of nitrogens with zero attached hydrogens (tertiary/aromatic N) is 2. The number of aromatic hydroxyl groups is 1. The molecular weight excluding hydrogens is 781 g/mol. The summed E-state index contributed by atoms with van der Waals surface area (Å²) in [7, 11) is 1.75. The van der Waals surface area contributed by atoms with Crippen LogP contribution in [0.25, 0.3) is 22.0 Å². The zero-order valence-electron chi connectivity index (χ0n) is 35.2. The highest BCUT2D eigenvalue weighted by atomic mass is 16.6. The Labute approximate surface area is 361 Å². The second kappa shape index (κ2) is 20.7. The van der Waals surface area contributed by atoms with E-state index in [4.69, 9.17) is 4.74 Å². The number of hydrogen-bond donors (Lipinski definition) is 5. The van der Waals surface area contributed by atoms with Crippen LogP contribution in [-0.4, -0.2) is 78.3 Å². The topological polar surface area (TPSA) is 156 Å². The maximum Gasteiger partial charge on any atom is 0.411 e. The average Bonchev–Trinajstić information content (AvgIpc) is 3.29. The Balaban J connectivity index is 0.799. The van der Waals surface area contributed by atoms with Crippen LogP contribution >= 0.6 is 0 Å². The van der Waals surface area contributed by atoms with E-state index in [0.717, 1.165) is 65.7 Å². The molecule has 1 fully saturated rings. The number of aromatic nitrogens is 1. The molecule has 5 aromatic carbocycles. The molecule has 0 radical (unpaired) electrons. The van der Waals surface area contributed by atoms with Gasteiger partial charge in [0.05, 0.1) is 11.2 Å². The van der Waals surface area contributed by atoms with Crippen LogP contribution in [-0.2, 0) is 28.9 Å². The summed E-state index contributed by atoms with van der Waals surface area (Å²) in [6.45, 7) is 5.30.